The summed E-state index contributed by atoms with van der Waals surface area (Å²) in [5.74, 6) is 0.760. The molecule has 4 heteroatoms. The summed E-state index contributed by atoms with van der Waals surface area (Å²) in [4.78, 5) is 37.6. The molecule has 4 nitrogen and oxygen atoms in total. The van der Waals surface area contributed by atoms with Gasteiger partial charge in [0.2, 0.25) is 0 Å². The van der Waals surface area contributed by atoms with E-state index in [0.29, 0.717) is 18.3 Å². The number of allylic oxidation sites excluding steroid dienone is 4. The summed E-state index contributed by atoms with van der Waals surface area (Å²) in [7, 11) is 0. The second-order valence-corrected chi connectivity index (χ2v) is 11.6. The van der Waals surface area contributed by atoms with Gasteiger partial charge in [-0.1, -0.05) is 68.3 Å². The minimum Gasteiger partial charge on any atom is -0.458 e. The van der Waals surface area contributed by atoms with Crippen LogP contribution < -0.4 is 0 Å². The zero-order chi connectivity index (χ0) is 24.3. The zero-order valence-electron chi connectivity index (χ0n) is 20.9. The van der Waals surface area contributed by atoms with Crippen molar-refractivity contribution in [3.05, 3.63) is 59.2 Å². The Morgan fingerprint density at radius 1 is 1.09 bits per heavy atom. The quantitative estimate of drug-likeness (QED) is 0.410. The van der Waals surface area contributed by atoms with Gasteiger partial charge < -0.3 is 4.74 Å². The zero-order valence-corrected chi connectivity index (χ0v) is 20.9. The van der Waals surface area contributed by atoms with Gasteiger partial charge in [-0.25, -0.2) is 0 Å². The van der Waals surface area contributed by atoms with Crippen LogP contribution in [-0.2, 0) is 19.1 Å². The second kappa shape index (κ2) is 8.03. The molecule has 1 aromatic rings. The molecule has 5 rings (SSSR count). The molecule has 1 aromatic carbocycles. The van der Waals surface area contributed by atoms with Crippen LogP contribution in [0.4, 0.5) is 0 Å². The van der Waals surface area contributed by atoms with E-state index in [4.69, 9.17) is 4.74 Å². The van der Waals surface area contributed by atoms with Gasteiger partial charge in [-0.05, 0) is 66.9 Å². The van der Waals surface area contributed by atoms with Crippen molar-refractivity contribution >= 4 is 17.5 Å². The Hall–Kier alpha value is -2.49. The molecule has 0 aromatic heterocycles. The van der Waals surface area contributed by atoms with Crippen LogP contribution in [0, 0.1) is 28.1 Å². The minimum atomic E-state index is -0.629. The summed E-state index contributed by atoms with van der Waals surface area (Å²) in [6.07, 6.45) is 9.66. The third-order valence-corrected chi connectivity index (χ3v) is 10.3. The number of esters is 1. The van der Waals surface area contributed by atoms with E-state index in [1.54, 1.807) is 0 Å². The fraction of sp³-hybridized carbons (Fsp3) is 0.567. The maximum atomic E-state index is 13.9. The van der Waals surface area contributed by atoms with Gasteiger partial charge in [0.05, 0.1) is 0 Å². The number of hydrogen-bond acceptors (Lipinski definition) is 4. The first kappa shape index (κ1) is 23.3. The van der Waals surface area contributed by atoms with Crippen molar-refractivity contribution in [1.29, 1.82) is 0 Å². The number of fused-ring (bicyclic) bond motifs is 5. The molecule has 180 valence electrons. The molecule has 0 radical (unpaired) electrons. The van der Waals surface area contributed by atoms with Gasteiger partial charge in [-0.3, -0.25) is 14.4 Å². The summed E-state index contributed by atoms with van der Waals surface area (Å²) in [6, 6.07) is 10.4. The lowest BCUT2D eigenvalue weighted by Gasteiger charge is -2.55. The largest absolute Gasteiger partial charge is 0.458 e. The molecular formula is C30H36O4. The highest BCUT2D eigenvalue weighted by Gasteiger charge is 2.66. The number of Topliss-reactive ketones (excluding diaryl/α,β-unsaturated/α-hetero) is 1. The molecule has 0 bridgehead atoms. The first-order valence-electron chi connectivity index (χ1n) is 12.8. The van der Waals surface area contributed by atoms with Crippen LogP contribution in [0.3, 0.4) is 0 Å². The molecule has 2 fully saturated rings. The van der Waals surface area contributed by atoms with Crippen LogP contribution in [0.5, 0.6) is 0 Å². The molecule has 2 saturated carbocycles. The number of ketones is 2. The SMILES string of the molecule is CC(=O)OCC(=O)C1(C)C(c2ccccc2)CC2C3CCC4=CC(=O)CCC4(C)C3=CCC21C. The molecule has 34 heavy (non-hydrogen) atoms. The first-order valence-corrected chi connectivity index (χ1v) is 12.8. The van der Waals surface area contributed by atoms with E-state index in [1.807, 2.05) is 12.1 Å². The van der Waals surface area contributed by atoms with Crippen molar-refractivity contribution in [2.24, 2.45) is 28.1 Å². The van der Waals surface area contributed by atoms with Crippen LogP contribution in [0.15, 0.2) is 53.6 Å². The van der Waals surface area contributed by atoms with Crippen LogP contribution >= 0.6 is 0 Å². The normalized spacial score (nSPS) is 38.7. The summed E-state index contributed by atoms with van der Waals surface area (Å²) in [6.45, 7) is 7.97. The predicted octanol–water partition coefficient (Wildman–Crippen LogP) is 5.97. The Morgan fingerprint density at radius 3 is 2.53 bits per heavy atom. The third-order valence-electron chi connectivity index (χ3n) is 10.3. The molecule has 0 aliphatic heterocycles. The molecule has 0 amide bonds. The fourth-order valence-corrected chi connectivity index (χ4v) is 8.12. The van der Waals surface area contributed by atoms with Gasteiger partial charge in [0.15, 0.2) is 18.2 Å². The Balaban J connectivity index is 1.58. The van der Waals surface area contributed by atoms with E-state index in [0.717, 1.165) is 32.1 Å². The lowest BCUT2D eigenvalue weighted by molar-refractivity contribution is -0.152. The summed E-state index contributed by atoms with van der Waals surface area (Å²) >= 11 is 0. The van der Waals surface area contributed by atoms with Crippen molar-refractivity contribution < 1.29 is 19.1 Å². The predicted molar refractivity (Wildman–Crippen MR) is 131 cm³/mol. The highest BCUT2D eigenvalue weighted by Crippen LogP contribution is 2.71. The molecule has 6 atom stereocenters. The fourth-order valence-electron chi connectivity index (χ4n) is 8.12. The monoisotopic (exact) mass is 460 g/mol. The van der Waals surface area contributed by atoms with E-state index in [2.05, 4.69) is 51.1 Å². The Kier molecular flexibility index (Phi) is 5.50. The average molecular weight is 461 g/mol. The molecule has 0 heterocycles. The molecular weight excluding hydrogens is 424 g/mol. The van der Waals surface area contributed by atoms with Crippen molar-refractivity contribution in [1.82, 2.24) is 0 Å². The maximum Gasteiger partial charge on any atom is 0.303 e. The van der Waals surface area contributed by atoms with Crippen LogP contribution in [0.2, 0.25) is 0 Å². The van der Waals surface area contributed by atoms with Gasteiger partial charge in [-0.2, -0.15) is 0 Å². The van der Waals surface area contributed by atoms with Crippen molar-refractivity contribution in [3.63, 3.8) is 0 Å². The summed E-state index contributed by atoms with van der Waals surface area (Å²) < 4.78 is 5.25. The molecule has 0 saturated heterocycles. The van der Waals surface area contributed by atoms with Gasteiger partial charge in [0, 0.05) is 24.2 Å². The van der Waals surface area contributed by atoms with Crippen molar-refractivity contribution in [2.45, 2.75) is 72.1 Å². The number of benzene rings is 1. The maximum absolute atomic E-state index is 13.9. The van der Waals surface area contributed by atoms with Crippen molar-refractivity contribution in [2.75, 3.05) is 6.61 Å². The molecule has 4 aliphatic carbocycles. The smallest absolute Gasteiger partial charge is 0.303 e. The topological polar surface area (TPSA) is 60.4 Å². The number of carbonyl (C=O) groups is 3. The van der Waals surface area contributed by atoms with E-state index in [9.17, 15) is 14.4 Å². The van der Waals surface area contributed by atoms with Crippen LogP contribution in [0.1, 0.15) is 77.7 Å². The number of rotatable bonds is 4. The Labute approximate surface area is 202 Å². The number of carbonyl (C=O) groups excluding carboxylic acids is 3. The third kappa shape index (κ3) is 3.21. The molecule has 6 unspecified atom stereocenters. The summed E-state index contributed by atoms with van der Waals surface area (Å²) in [5, 5.41) is 0. The lowest BCUT2D eigenvalue weighted by Crippen LogP contribution is -2.51. The molecule has 4 aliphatic rings. The van der Waals surface area contributed by atoms with E-state index in [-0.39, 0.29) is 34.9 Å². The Morgan fingerprint density at radius 2 is 1.82 bits per heavy atom. The van der Waals surface area contributed by atoms with Gasteiger partial charge in [-0.15, -0.1) is 0 Å². The first-order chi connectivity index (χ1) is 16.1. The van der Waals surface area contributed by atoms with E-state index in [1.165, 1.54) is 23.6 Å². The van der Waals surface area contributed by atoms with Gasteiger partial charge in [0.1, 0.15) is 0 Å². The highest BCUT2D eigenvalue weighted by molar-refractivity contribution is 5.92. The van der Waals surface area contributed by atoms with Crippen LogP contribution in [0.25, 0.3) is 0 Å². The molecule has 0 spiro atoms. The average Bonchev–Trinajstić information content (AvgIpc) is 3.07. The van der Waals surface area contributed by atoms with E-state index >= 15 is 0 Å². The van der Waals surface area contributed by atoms with Gasteiger partial charge >= 0.3 is 5.97 Å². The second-order valence-electron chi connectivity index (χ2n) is 11.6. The van der Waals surface area contributed by atoms with E-state index < -0.39 is 11.4 Å². The highest BCUT2D eigenvalue weighted by atomic mass is 16.5. The molecule has 0 N–H and O–H groups in total. The standard InChI is InChI=1S/C30H36O4/c1-19(31)34-18-27(33)30(4)25(20-8-6-5-7-9-20)17-26-23-11-10-21-16-22(32)12-14-28(21,2)24(23)13-15-29(26,30)3/h5-9,13,16,23,25-26H,10-12,14-15,17-18H2,1-4H3. The number of hydrogen-bond donors (Lipinski definition) is 0. The van der Waals surface area contributed by atoms with Gasteiger partial charge in [0.25, 0.3) is 0 Å². The van der Waals surface area contributed by atoms with Crippen LogP contribution in [-0.4, -0.2) is 24.1 Å². The van der Waals surface area contributed by atoms with Crippen molar-refractivity contribution in [3.8, 4) is 0 Å². The Bertz CT molecular complexity index is 1100. The number of ether oxygens (including phenoxy) is 1. The summed E-state index contributed by atoms with van der Waals surface area (Å²) in [5.41, 5.74) is 3.13. The lowest BCUT2D eigenvalue weighted by atomic mass is 9.48. The minimum absolute atomic E-state index is 0.0266.